The number of benzene rings is 1. The third-order valence-corrected chi connectivity index (χ3v) is 8.53. The van der Waals surface area contributed by atoms with Gasteiger partial charge in [-0.2, -0.15) is 5.10 Å². The highest BCUT2D eigenvalue weighted by atomic mass is 127. The number of rotatable bonds is 5. The van der Waals surface area contributed by atoms with E-state index < -0.39 is 5.82 Å². The number of anilines is 1. The van der Waals surface area contributed by atoms with Gasteiger partial charge in [-0.15, -0.1) is 0 Å². The highest BCUT2D eigenvalue weighted by Crippen LogP contribution is 2.34. The van der Waals surface area contributed by atoms with Crippen LogP contribution in [-0.2, 0) is 0 Å². The Balaban J connectivity index is 1.22. The van der Waals surface area contributed by atoms with Crippen LogP contribution in [-0.4, -0.2) is 86.4 Å². The molecule has 3 aromatic heterocycles. The molecule has 0 saturated carbocycles. The van der Waals surface area contributed by atoms with Gasteiger partial charge in [0, 0.05) is 68.5 Å². The summed E-state index contributed by atoms with van der Waals surface area (Å²) < 4.78 is 22.4. The minimum atomic E-state index is -0.427. The van der Waals surface area contributed by atoms with Crippen molar-refractivity contribution in [3.05, 3.63) is 48.8 Å². The molecule has 0 spiro atoms. The number of halogens is 2. The van der Waals surface area contributed by atoms with Crippen LogP contribution in [0.4, 0.5) is 10.1 Å². The van der Waals surface area contributed by atoms with Crippen LogP contribution in [0.15, 0.2) is 43.0 Å². The summed E-state index contributed by atoms with van der Waals surface area (Å²) in [4.78, 5) is 16.8. The molecular formula is C26H29FIN7O. The predicted molar refractivity (Wildman–Crippen MR) is 148 cm³/mol. The largest absolute Gasteiger partial charge is 0.494 e. The van der Waals surface area contributed by atoms with Crippen LogP contribution >= 0.6 is 22.6 Å². The maximum absolute atomic E-state index is 14.2. The maximum atomic E-state index is 14.2. The highest BCUT2D eigenvalue weighted by Gasteiger charge is 2.27. The van der Waals surface area contributed by atoms with E-state index in [4.69, 9.17) is 9.72 Å². The van der Waals surface area contributed by atoms with Crippen LogP contribution in [0, 0.1) is 5.82 Å². The molecule has 36 heavy (non-hydrogen) atoms. The number of alkyl halides is 1. The number of pyridine rings is 1. The predicted octanol–water partition coefficient (Wildman–Crippen LogP) is 4.07. The van der Waals surface area contributed by atoms with Gasteiger partial charge in [-0.25, -0.2) is 13.9 Å². The van der Waals surface area contributed by atoms with Gasteiger partial charge >= 0.3 is 0 Å². The standard InChI is InChI=1S/C26H29FIN7O/c1-36-25-12-21-20(2-5-29-24(21)13-23(25)27)22-15-31-35-16-19(14-30-26(22)35)33-6-3-18(4-7-33)34-10-8-32(17-28)9-11-34/h2,5,12-16,18H,3-4,6-11,17H2,1H3. The summed E-state index contributed by atoms with van der Waals surface area (Å²) in [5, 5.41) is 5.41. The van der Waals surface area contributed by atoms with Gasteiger partial charge in [0.25, 0.3) is 0 Å². The molecule has 2 saturated heterocycles. The second-order valence-electron chi connectivity index (χ2n) is 9.49. The van der Waals surface area contributed by atoms with Crippen molar-refractivity contribution in [2.45, 2.75) is 18.9 Å². The molecule has 10 heteroatoms. The first kappa shape index (κ1) is 23.8. The zero-order valence-electron chi connectivity index (χ0n) is 20.3. The molecule has 0 aliphatic carbocycles. The summed E-state index contributed by atoms with van der Waals surface area (Å²) >= 11 is 2.46. The van der Waals surface area contributed by atoms with Crippen molar-refractivity contribution in [2.24, 2.45) is 0 Å². The highest BCUT2D eigenvalue weighted by molar-refractivity contribution is 14.1. The number of methoxy groups -OCH3 is 1. The number of nitrogens with zero attached hydrogens (tertiary/aromatic N) is 7. The Kier molecular flexibility index (Phi) is 6.65. The zero-order valence-corrected chi connectivity index (χ0v) is 22.4. The second kappa shape index (κ2) is 10.1. The Hall–Kier alpha value is -2.57. The number of aromatic nitrogens is 4. The molecule has 0 atom stereocenters. The van der Waals surface area contributed by atoms with Crippen LogP contribution in [0.2, 0.25) is 0 Å². The van der Waals surface area contributed by atoms with Gasteiger partial charge in [-0.1, -0.05) is 22.6 Å². The molecule has 2 aliphatic heterocycles. The fourth-order valence-corrected chi connectivity index (χ4v) is 6.18. The first-order valence-corrected chi connectivity index (χ1v) is 13.9. The van der Waals surface area contributed by atoms with Crippen molar-refractivity contribution in [3.8, 4) is 16.9 Å². The Morgan fingerprint density at radius 3 is 2.58 bits per heavy atom. The average molecular weight is 601 g/mol. The minimum Gasteiger partial charge on any atom is -0.494 e. The topological polar surface area (TPSA) is 62.0 Å². The summed E-state index contributed by atoms with van der Waals surface area (Å²) in [6.07, 6.45) is 9.87. The van der Waals surface area contributed by atoms with Gasteiger partial charge in [0.15, 0.2) is 17.2 Å². The van der Waals surface area contributed by atoms with Crippen molar-refractivity contribution in [1.29, 1.82) is 0 Å². The molecule has 6 rings (SSSR count). The van der Waals surface area contributed by atoms with Gasteiger partial charge in [-0.05, 0) is 30.5 Å². The van der Waals surface area contributed by atoms with Gasteiger partial charge in [0.2, 0.25) is 0 Å². The van der Waals surface area contributed by atoms with Crippen LogP contribution in [0.3, 0.4) is 0 Å². The molecule has 2 fully saturated rings. The summed E-state index contributed by atoms with van der Waals surface area (Å²) in [7, 11) is 1.47. The van der Waals surface area contributed by atoms with E-state index in [0.717, 1.165) is 45.5 Å². The Bertz CT molecular complexity index is 1380. The van der Waals surface area contributed by atoms with E-state index in [1.54, 1.807) is 12.3 Å². The number of piperidine rings is 1. The summed E-state index contributed by atoms with van der Waals surface area (Å²) in [6, 6.07) is 5.68. The Morgan fingerprint density at radius 2 is 1.83 bits per heavy atom. The molecule has 0 unspecified atom stereocenters. The van der Waals surface area contributed by atoms with E-state index in [0.29, 0.717) is 11.6 Å². The minimum absolute atomic E-state index is 0.193. The number of hydrogen-bond donors (Lipinski definition) is 0. The maximum Gasteiger partial charge on any atom is 0.167 e. The first-order chi connectivity index (χ1) is 17.6. The fourth-order valence-electron chi connectivity index (χ4n) is 5.49. The van der Waals surface area contributed by atoms with Crippen LogP contribution in [0.1, 0.15) is 12.8 Å². The van der Waals surface area contributed by atoms with E-state index in [9.17, 15) is 4.39 Å². The van der Waals surface area contributed by atoms with Gasteiger partial charge in [0.05, 0.1) is 41.5 Å². The van der Waals surface area contributed by atoms with Crippen LogP contribution in [0.5, 0.6) is 5.75 Å². The van der Waals surface area contributed by atoms with Crippen molar-refractivity contribution in [1.82, 2.24) is 29.4 Å². The molecule has 8 nitrogen and oxygen atoms in total. The van der Waals surface area contributed by atoms with E-state index >= 15 is 0 Å². The summed E-state index contributed by atoms with van der Waals surface area (Å²) in [5.74, 6) is -0.234. The lowest BCUT2D eigenvalue weighted by Gasteiger charge is -2.42. The van der Waals surface area contributed by atoms with Crippen molar-refractivity contribution in [3.63, 3.8) is 0 Å². The number of fused-ring (bicyclic) bond motifs is 2. The summed E-state index contributed by atoms with van der Waals surface area (Å²) in [6.45, 7) is 6.77. The van der Waals surface area contributed by atoms with Crippen LogP contribution in [0.25, 0.3) is 27.7 Å². The SMILES string of the molecule is COc1cc2c(-c3cnn4cc(N5CCC(N6CCN(CI)CC6)CC5)cnc34)ccnc2cc1F. The molecule has 1 aromatic carbocycles. The Labute approximate surface area is 223 Å². The molecule has 0 amide bonds. The number of hydrogen-bond acceptors (Lipinski definition) is 7. The lowest BCUT2D eigenvalue weighted by Crippen LogP contribution is -2.52. The average Bonchev–Trinajstić information content (AvgIpc) is 3.35. The monoisotopic (exact) mass is 601 g/mol. The van der Waals surface area contributed by atoms with Gasteiger partial charge in [0.1, 0.15) is 0 Å². The van der Waals surface area contributed by atoms with E-state index in [1.807, 2.05) is 23.0 Å². The van der Waals surface area contributed by atoms with E-state index in [1.165, 1.54) is 52.2 Å². The van der Waals surface area contributed by atoms with Crippen molar-refractivity contribution >= 4 is 44.8 Å². The molecule has 2 aliphatic rings. The molecule has 0 radical (unpaired) electrons. The van der Waals surface area contributed by atoms with Crippen molar-refractivity contribution < 1.29 is 9.13 Å². The lowest BCUT2D eigenvalue weighted by atomic mass is 10.0. The second-order valence-corrected chi connectivity index (χ2v) is 10.2. The smallest absolute Gasteiger partial charge is 0.167 e. The molecule has 188 valence electrons. The first-order valence-electron chi connectivity index (χ1n) is 12.4. The third-order valence-electron chi connectivity index (χ3n) is 7.57. The number of piperazine rings is 1. The normalized spacial score (nSPS) is 18.4. The van der Waals surface area contributed by atoms with E-state index in [-0.39, 0.29) is 5.75 Å². The quantitative estimate of drug-likeness (QED) is 0.194. The van der Waals surface area contributed by atoms with E-state index in [2.05, 4.69) is 53.6 Å². The fraction of sp³-hybridized carbons (Fsp3) is 0.423. The van der Waals surface area contributed by atoms with Gasteiger partial charge in [-0.3, -0.25) is 14.8 Å². The molecule has 4 aromatic rings. The van der Waals surface area contributed by atoms with Crippen molar-refractivity contribution in [2.75, 3.05) is 55.8 Å². The molecule has 0 bridgehead atoms. The molecule has 5 heterocycles. The van der Waals surface area contributed by atoms with Crippen LogP contribution < -0.4 is 9.64 Å². The molecular weight excluding hydrogens is 572 g/mol. The number of ether oxygens (including phenoxy) is 1. The third kappa shape index (κ3) is 4.39. The van der Waals surface area contributed by atoms with Gasteiger partial charge < -0.3 is 9.64 Å². The zero-order chi connectivity index (χ0) is 24.6. The Morgan fingerprint density at radius 1 is 1.03 bits per heavy atom. The summed E-state index contributed by atoms with van der Waals surface area (Å²) in [5.41, 5.74) is 4.20. The lowest BCUT2D eigenvalue weighted by molar-refractivity contribution is 0.0967. The molecule has 0 N–H and O–H groups in total.